The van der Waals surface area contributed by atoms with Gasteiger partial charge in [-0.15, -0.1) is 11.3 Å². The molecule has 1 aromatic carbocycles. The molecule has 1 atom stereocenters. The highest BCUT2D eigenvalue weighted by Gasteiger charge is 2.43. The van der Waals surface area contributed by atoms with E-state index in [1.807, 2.05) is 55.6 Å². The Bertz CT molecular complexity index is 921. The lowest BCUT2D eigenvalue weighted by atomic mass is 9.95. The molecule has 0 unspecified atom stereocenters. The predicted molar refractivity (Wildman–Crippen MR) is 118 cm³/mol. The lowest BCUT2D eigenvalue weighted by molar-refractivity contribution is -0.129. The summed E-state index contributed by atoms with van der Waals surface area (Å²) in [5, 5.41) is 12.5. The van der Waals surface area contributed by atoms with Gasteiger partial charge in [0, 0.05) is 6.54 Å². The summed E-state index contributed by atoms with van der Waals surface area (Å²) in [6.45, 7) is 3.85. The monoisotopic (exact) mass is 428 g/mol. The second kappa shape index (κ2) is 9.91. The molecule has 3 rings (SSSR count). The molecule has 7 heteroatoms. The molecule has 0 bridgehead atoms. The molecular formula is C23H28N2O4S. The first-order chi connectivity index (χ1) is 14.4. The van der Waals surface area contributed by atoms with Gasteiger partial charge in [0.25, 0.3) is 5.91 Å². The van der Waals surface area contributed by atoms with Crippen LogP contribution in [0.5, 0.6) is 5.75 Å². The largest absolute Gasteiger partial charge is 0.503 e. The van der Waals surface area contributed by atoms with Crippen LogP contribution in [-0.4, -0.2) is 60.4 Å². The minimum atomic E-state index is -0.639. The molecule has 0 aliphatic carbocycles. The van der Waals surface area contributed by atoms with Crippen molar-refractivity contribution in [1.29, 1.82) is 0 Å². The van der Waals surface area contributed by atoms with Crippen molar-refractivity contribution in [3.8, 4) is 5.75 Å². The van der Waals surface area contributed by atoms with Crippen molar-refractivity contribution >= 4 is 23.0 Å². The molecule has 0 fully saturated rings. The fraction of sp³-hybridized carbons (Fsp3) is 0.391. The van der Waals surface area contributed by atoms with E-state index in [2.05, 4.69) is 0 Å². The Balaban J connectivity index is 1.99. The molecule has 0 saturated carbocycles. The molecule has 1 aliphatic rings. The second-order valence-corrected chi connectivity index (χ2v) is 8.50. The molecule has 1 aromatic heterocycles. The summed E-state index contributed by atoms with van der Waals surface area (Å²) in [5.74, 6) is -0.582. The van der Waals surface area contributed by atoms with E-state index in [0.29, 0.717) is 23.8 Å². The second-order valence-electron chi connectivity index (χ2n) is 7.55. The summed E-state index contributed by atoms with van der Waals surface area (Å²) in [6.07, 6.45) is 1.61. The van der Waals surface area contributed by atoms with Crippen LogP contribution in [0.25, 0.3) is 0 Å². The van der Waals surface area contributed by atoms with Gasteiger partial charge in [0.05, 0.1) is 23.1 Å². The summed E-state index contributed by atoms with van der Waals surface area (Å²) in [6, 6.07) is 10.3. The number of ether oxygens (including phenoxy) is 1. The summed E-state index contributed by atoms with van der Waals surface area (Å²) >= 11 is 1.30. The molecule has 6 nitrogen and oxygen atoms in total. The molecule has 30 heavy (non-hydrogen) atoms. The highest BCUT2D eigenvalue weighted by Crippen LogP contribution is 2.40. The molecule has 1 N–H and O–H groups in total. The van der Waals surface area contributed by atoms with Crippen molar-refractivity contribution in [2.75, 3.05) is 33.8 Å². The Kier molecular flexibility index (Phi) is 7.29. The van der Waals surface area contributed by atoms with Crippen LogP contribution in [0.2, 0.25) is 0 Å². The van der Waals surface area contributed by atoms with E-state index < -0.39 is 17.7 Å². The molecule has 0 saturated heterocycles. The standard InChI is InChI=1S/C23H28N2O4S/c1-4-13-29-17-9-5-8-16(15-17)20-19(21(26)18-10-6-14-30-18)22(27)23(28)25(20)12-7-11-24(2)3/h5-6,8-10,14-15,20,27H,4,7,11-13H2,1-3H3/t20-/m0/s1. The Morgan fingerprint density at radius 1 is 1.27 bits per heavy atom. The summed E-state index contributed by atoms with van der Waals surface area (Å²) < 4.78 is 5.75. The van der Waals surface area contributed by atoms with Crippen LogP contribution in [-0.2, 0) is 4.79 Å². The number of thiophene rings is 1. The molecule has 2 heterocycles. The first-order valence-electron chi connectivity index (χ1n) is 10.1. The van der Waals surface area contributed by atoms with Crippen LogP contribution in [0.3, 0.4) is 0 Å². The molecule has 160 valence electrons. The van der Waals surface area contributed by atoms with E-state index in [1.165, 1.54) is 11.3 Å². The van der Waals surface area contributed by atoms with Crippen LogP contribution >= 0.6 is 11.3 Å². The Labute approximate surface area is 181 Å². The number of hydrogen-bond acceptors (Lipinski definition) is 6. The van der Waals surface area contributed by atoms with Crippen molar-refractivity contribution < 1.29 is 19.4 Å². The summed E-state index contributed by atoms with van der Waals surface area (Å²) in [5.41, 5.74) is 0.894. The van der Waals surface area contributed by atoms with Crippen LogP contribution in [0, 0.1) is 0 Å². The topological polar surface area (TPSA) is 70.1 Å². The van der Waals surface area contributed by atoms with Gasteiger partial charge < -0.3 is 19.6 Å². The zero-order valence-corrected chi connectivity index (χ0v) is 18.4. The minimum Gasteiger partial charge on any atom is -0.503 e. The number of nitrogens with zero attached hydrogens (tertiary/aromatic N) is 2. The maximum atomic E-state index is 13.2. The summed E-state index contributed by atoms with van der Waals surface area (Å²) in [4.78, 5) is 30.3. The van der Waals surface area contributed by atoms with E-state index in [9.17, 15) is 14.7 Å². The number of hydrogen-bond donors (Lipinski definition) is 1. The Morgan fingerprint density at radius 3 is 2.73 bits per heavy atom. The van der Waals surface area contributed by atoms with Crippen molar-refractivity contribution in [3.05, 3.63) is 63.6 Å². The van der Waals surface area contributed by atoms with Gasteiger partial charge in [-0.3, -0.25) is 9.59 Å². The van der Waals surface area contributed by atoms with Crippen molar-refractivity contribution in [3.63, 3.8) is 0 Å². The highest BCUT2D eigenvalue weighted by molar-refractivity contribution is 7.12. The van der Waals surface area contributed by atoms with Crippen molar-refractivity contribution in [1.82, 2.24) is 9.80 Å². The number of ketones is 1. The van der Waals surface area contributed by atoms with Crippen molar-refractivity contribution in [2.45, 2.75) is 25.8 Å². The fourth-order valence-electron chi connectivity index (χ4n) is 3.55. The SMILES string of the molecule is CCCOc1cccc([C@H]2C(C(=O)c3cccs3)=C(O)C(=O)N2CCCN(C)C)c1. The lowest BCUT2D eigenvalue weighted by Gasteiger charge is -2.27. The van der Waals surface area contributed by atoms with Gasteiger partial charge in [-0.1, -0.05) is 25.1 Å². The van der Waals surface area contributed by atoms with Gasteiger partial charge in [-0.25, -0.2) is 0 Å². The quantitative estimate of drug-likeness (QED) is 0.578. The number of benzene rings is 1. The highest BCUT2D eigenvalue weighted by atomic mass is 32.1. The third-order valence-corrected chi connectivity index (χ3v) is 5.81. The number of rotatable bonds is 10. The van der Waals surface area contributed by atoms with E-state index in [0.717, 1.165) is 24.9 Å². The normalized spacial score (nSPS) is 16.6. The minimum absolute atomic E-state index is 0.139. The van der Waals surface area contributed by atoms with E-state index in [4.69, 9.17) is 4.74 Å². The van der Waals surface area contributed by atoms with Gasteiger partial charge in [-0.2, -0.15) is 0 Å². The average molecular weight is 429 g/mol. The maximum absolute atomic E-state index is 13.2. The Hall–Kier alpha value is -2.64. The average Bonchev–Trinajstić information content (AvgIpc) is 3.35. The zero-order chi connectivity index (χ0) is 21.7. The van der Waals surface area contributed by atoms with E-state index in [-0.39, 0.29) is 11.4 Å². The van der Waals surface area contributed by atoms with Gasteiger partial charge in [0.15, 0.2) is 5.76 Å². The van der Waals surface area contributed by atoms with E-state index >= 15 is 0 Å². The van der Waals surface area contributed by atoms with Gasteiger partial charge in [0.1, 0.15) is 5.75 Å². The third kappa shape index (κ3) is 4.74. The number of aliphatic hydroxyl groups is 1. The smallest absolute Gasteiger partial charge is 0.290 e. The summed E-state index contributed by atoms with van der Waals surface area (Å²) in [7, 11) is 3.94. The molecule has 1 aliphatic heterocycles. The van der Waals surface area contributed by atoms with Crippen molar-refractivity contribution in [2.24, 2.45) is 0 Å². The van der Waals surface area contributed by atoms with Crippen LogP contribution in [0.1, 0.15) is 41.0 Å². The molecule has 1 amide bonds. The first kappa shape index (κ1) is 22.1. The van der Waals surface area contributed by atoms with Crippen LogP contribution in [0.4, 0.5) is 0 Å². The van der Waals surface area contributed by atoms with E-state index in [1.54, 1.807) is 17.0 Å². The number of aliphatic hydroxyl groups excluding tert-OH is 1. The lowest BCUT2D eigenvalue weighted by Crippen LogP contribution is -2.33. The number of Topliss-reactive ketones (excluding diaryl/α,β-unsaturated/α-hetero) is 1. The zero-order valence-electron chi connectivity index (χ0n) is 17.6. The van der Waals surface area contributed by atoms with Crippen LogP contribution < -0.4 is 4.74 Å². The maximum Gasteiger partial charge on any atom is 0.290 e. The Morgan fingerprint density at radius 2 is 2.07 bits per heavy atom. The van der Waals surface area contributed by atoms with Crippen LogP contribution in [0.15, 0.2) is 53.1 Å². The van der Waals surface area contributed by atoms with Gasteiger partial charge in [-0.05, 0) is 62.6 Å². The molecule has 2 aromatic rings. The fourth-order valence-corrected chi connectivity index (χ4v) is 4.23. The number of amides is 1. The molecule has 0 radical (unpaired) electrons. The third-order valence-electron chi connectivity index (χ3n) is 4.94. The molecular weight excluding hydrogens is 400 g/mol. The number of carbonyl (C=O) groups is 2. The van der Waals surface area contributed by atoms with Gasteiger partial charge >= 0.3 is 0 Å². The predicted octanol–water partition coefficient (Wildman–Crippen LogP) is 4.07. The van der Waals surface area contributed by atoms with Gasteiger partial charge in [0.2, 0.25) is 5.78 Å². The number of carbonyl (C=O) groups excluding carboxylic acids is 2. The first-order valence-corrected chi connectivity index (χ1v) is 11.0. The molecule has 0 spiro atoms.